The van der Waals surface area contributed by atoms with Crippen LogP contribution >= 0.6 is 23.4 Å². The standard InChI is InChI=1S/C16H16ClN3O2S/c1-20-11(9-4-6-10(17)7-5-9)8-12(21)13-14(20)18-16(23-3)19-15(13)22-2/h4-7,11H,8H2,1-3H3. The number of nitrogens with zero attached hydrogens (tertiary/aromatic N) is 3. The number of benzene rings is 1. The van der Waals surface area contributed by atoms with E-state index in [4.69, 9.17) is 16.3 Å². The summed E-state index contributed by atoms with van der Waals surface area (Å²) in [7, 11) is 3.45. The van der Waals surface area contributed by atoms with Crippen molar-refractivity contribution in [2.75, 3.05) is 25.3 Å². The molecule has 3 rings (SSSR count). The van der Waals surface area contributed by atoms with Gasteiger partial charge < -0.3 is 9.64 Å². The second-order valence-corrected chi connectivity index (χ2v) is 6.43. The van der Waals surface area contributed by atoms with Gasteiger partial charge in [0.15, 0.2) is 10.9 Å². The van der Waals surface area contributed by atoms with Crippen LogP contribution in [0.2, 0.25) is 5.02 Å². The first kappa shape index (κ1) is 16.1. The van der Waals surface area contributed by atoms with Gasteiger partial charge in [-0.25, -0.2) is 4.98 Å². The number of hydrogen-bond acceptors (Lipinski definition) is 6. The summed E-state index contributed by atoms with van der Waals surface area (Å²) < 4.78 is 5.30. The van der Waals surface area contributed by atoms with E-state index in [1.807, 2.05) is 42.5 Å². The Hall–Kier alpha value is -1.79. The number of rotatable bonds is 3. The van der Waals surface area contributed by atoms with Crippen molar-refractivity contribution in [3.63, 3.8) is 0 Å². The quantitative estimate of drug-likeness (QED) is 0.623. The average molecular weight is 350 g/mol. The van der Waals surface area contributed by atoms with E-state index < -0.39 is 0 Å². The molecule has 7 heteroatoms. The average Bonchev–Trinajstić information content (AvgIpc) is 2.57. The molecular weight excluding hydrogens is 334 g/mol. The Morgan fingerprint density at radius 1 is 1.30 bits per heavy atom. The summed E-state index contributed by atoms with van der Waals surface area (Å²) in [4.78, 5) is 23.4. The third-order valence-corrected chi connectivity index (χ3v) is 4.73. The Kier molecular flexibility index (Phi) is 4.46. The van der Waals surface area contributed by atoms with Crippen LogP contribution in [0.5, 0.6) is 5.88 Å². The normalized spacial score (nSPS) is 17.1. The van der Waals surface area contributed by atoms with Crippen LogP contribution in [0.1, 0.15) is 28.4 Å². The highest BCUT2D eigenvalue weighted by atomic mass is 35.5. The van der Waals surface area contributed by atoms with E-state index in [1.54, 1.807) is 0 Å². The van der Waals surface area contributed by atoms with Gasteiger partial charge >= 0.3 is 0 Å². The molecule has 2 aromatic rings. The van der Waals surface area contributed by atoms with Crippen LogP contribution in [0.3, 0.4) is 0 Å². The van der Waals surface area contributed by atoms with Gasteiger partial charge in [-0.2, -0.15) is 4.98 Å². The molecule has 120 valence electrons. The smallest absolute Gasteiger partial charge is 0.230 e. The van der Waals surface area contributed by atoms with Crippen LogP contribution in [-0.2, 0) is 0 Å². The van der Waals surface area contributed by atoms with Gasteiger partial charge in [-0.3, -0.25) is 4.79 Å². The van der Waals surface area contributed by atoms with E-state index in [2.05, 4.69) is 9.97 Å². The number of ether oxygens (including phenoxy) is 1. The second-order valence-electron chi connectivity index (χ2n) is 5.22. The zero-order chi connectivity index (χ0) is 16.6. The van der Waals surface area contributed by atoms with Gasteiger partial charge in [0.05, 0.1) is 13.2 Å². The molecule has 1 aliphatic heterocycles. The van der Waals surface area contributed by atoms with E-state index >= 15 is 0 Å². The molecule has 0 amide bonds. The number of thioether (sulfide) groups is 1. The Labute approximate surface area is 144 Å². The highest BCUT2D eigenvalue weighted by Crippen LogP contribution is 2.40. The number of hydrogen-bond donors (Lipinski definition) is 0. The van der Waals surface area contributed by atoms with Crippen molar-refractivity contribution >= 4 is 35.0 Å². The van der Waals surface area contributed by atoms with E-state index in [0.717, 1.165) is 5.56 Å². The minimum atomic E-state index is -0.0819. The zero-order valence-electron chi connectivity index (χ0n) is 13.0. The molecule has 2 heterocycles. The molecule has 1 aliphatic rings. The van der Waals surface area contributed by atoms with E-state index in [0.29, 0.717) is 33.9 Å². The van der Waals surface area contributed by atoms with Gasteiger partial charge in [0.25, 0.3) is 0 Å². The lowest BCUT2D eigenvalue weighted by atomic mass is 9.93. The first-order valence-electron chi connectivity index (χ1n) is 7.06. The lowest BCUT2D eigenvalue weighted by Crippen LogP contribution is -2.34. The van der Waals surface area contributed by atoms with Crippen molar-refractivity contribution in [3.8, 4) is 5.88 Å². The van der Waals surface area contributed by atoms with Gasteiger partial charge in [0.1, 0.15) is 11.4 Å². The molecular formula is C16H16ClN3O2S. The maximum absolute atomic E-state index is 12.6. The van der Waals surface area contributed by atoms with Crippen molar-refractivity contribution in [1.29, 1.82) is 0 Å². The number of ketones is 1. The largest absolute Gasteiger partial charge is 0.480 e. The van der Waals surface area contributed by atoms with Crippen LogP contribution in [0.15, 0.2) is 29.4 Å². The summed E-state index contributed by atoms with van der Waals surface area (Å²) in [5, 5.41) is 1.25. The highest BCUT2D eigenvalue weighted by Gasteiger charge is 2.35. The van der Waals surface area contributed by atoms with Gasteiger partial charge in [0, 0.05) is 18.5 Å². The number of methoxy groups -OCH3 is 1. The molecule has 0 spiro atoms. The number of Topliss-reactive ketones (excluding diaryl/α,β-unsaturated/α-hetero) is 1. The van der Waals surface area contributed by atoms with Gasteiger partial charge in [-0.05, 0) is 24.0 Å². The molecule has 0 fully saturated rings. The minimum absolute atomic E-state index is 0.0115. The first-order chi connectivity index (χ1) is 11.0. The maximum Gasteiger partial charge on any atom is 0.230 e. The van der Waals surface area contributed by atoms with E-state index in [-0.39, 0.29) is 11.8 Å². The topological polar surface area (TPSA) is 55.3 Å². The number of fused-ring (bicyclic) bond motifs is 1. The molecule has 0 saturated heterocycles. The number of halogens is 1. The molecule has 23 heavy (non-hydrogen) atoms. The van der Waals surface area contributed by atoms with E-state index in [9.17, 15) is 4.79 Å². The Balaban J connectivity index is 2.09. The second kappa shape index (κ2) is 6.37. The number of aromatic nitrogens is 2. The highest BCUT2D eigenvalue weighted by molar-refractivity contribution is 7.98. The van der Waals surface area contributed by atoms with Crippen molar-refractivity contribution in [2.45, 2.75) is 17.6 Å². The minimum Gasteiger partial charge on any atom is -0.480 e. The molecule has 0 radical (unpaired) electrons. The summed E-state index contributed by atoms with van der Waals surface area (Å²) in [6.45, 7) is 0. The molecule has 1 atom stereocenters. The molecule has 0 N–H and O–H groups in total. The van der Waals surface area contributed by atoms with Crippen LogP contribution in [0.4, 0.5) is 5.82 Å². The lowest BCUT2D eigenvalue weighted by molar-refractivity contribution is 0.0961. The van der Waals surface area contributed by atoms with Crippen LogP contribution in [0.25, 0.3) is 0 Å². The molecule has 1 unspecified atom stereocenters. The zero-order valence-corrected chi connectivity index (χ0v) is 14.6. The molecule has 5 nitrogen and oxygen atoms in total. The fourth-order valence-electron chi connectivity index (χ4n) is 2.74. The predicted molar refractivity (Wildman–Crippen MR) is 91.9 cm³/mol. The SMILES string of the molecule is COc1nc(SC)nc2c1C(=O)CC(c1ccc(Cl)cc1)N2C. The Morgan fingerprint density at radius 2 is 2.00 bits per heavy atom. The monoisotopic (exact) mass is 349 g/mol. The maximum atomic E-state index is 12.6. The molecule has 1 aromatic carbocycles. The lowest BCUT2D eigenvalue weighted by Gasteiger charge is -2.34. The Bertz CT molecular complexity index is 752. The van der Waals surface area contributed by atoms with Crippen molar-refractivity contribution in [3.05, 3.63) is 40.4 Å². The van der Waals surface area contributed by atoms with Crippen molar-refractivity contribution in [1.82, 2.24) is 9.97 Å². The van der Waals surface area contributed by atoms with Gasteiger partial charge in [-0.1, -0.05) is 35.5 Å². The van der Waals surface area contributed by atoms with Crippen molar-refractivity contribution in [2.24, 2.45) is 0 Å². The fraction of sp³-hybridized carbons (Fsp3) is 0.312. The first-order valence-corrected chi connectivity index (χ1v) is 8.67. The molecule has 1 aromatic heterocycles. The van der Waals surface area contributed by atoms with Crippen LogP contribution < -0.4 is 9.64 Å². The Morgan fingerprint density at radius 3 is 2.61 bits per heavy atom. The summed E-state index contributed by atoms with van der Waals surface area (Å²) in [5.74, 6) is 0.936. The van der Waals surface area contributed by atoms with Crippen LogP contribution in [-0.4, -0.2) is 36.2 Å². The summed E-state index contributed by atoms with van der Waals surface area (Å²) >= 11 is 7.37. The molecule has 0 bridgehead atoms. The molecule has 0 aliphatic carbocycles. The number of carbonyl (C=O) groups excluding carboxylic acids is 1. The predicted octanol–water partition coefficient (Wildman–Crippen LogP) is 3.62. The summed E-state index contributed by atoms with van der Waals surface area (Å²) in [6, 6.07) is 7.46. The van der Waals surface area contributed by atoms with Gasteiger partial charge in [-0.15, -0.1) is 0 Å². The summed E-state index contributed by atoms with van der Waals surface area (Å²) in [5.41, 5.74) is 1.48. The van der Waals surface area contributed by atoms with Gasteiger partial charge in [0.2, 0.25) is 5.88 Å². The van der Waals surface area contributed by atoms with Crippen molar-refractivity contribution < 1.29 is 9.53 Å². The van der Waals surface area contributed by atoms with E-state index in [1.165, 1.54) is 18.9 Å². The third kappa shape index (κ3) is 2.88. The number of carbonyl (C=O) groups is 1. The summed E-state index contributed by atoms with van der Waals surface area (Å²) in [6.07, 6.45) is 2.24. The number of anilines is 1. The fourth-order valence-corrected chi connectivity index (χ4v) is 3.21. The third-order valence-electron chi connectivity index (χ3n) is 3.93. The van der Waals surface area contributed by atoms with Crippen LogP contribution in [0, 0.1) is 0 Å². The molecule has 0 saturated carbocycles.